The second-order valence-corrected chi connectivity index (χ2v) is 7.17. The van der Waals surface area contributed by atoms with Crippen LogP contribution in [0.5, 0.6) is 0 Å². The highest BCUT2D eigenvalue weighted by molar-refractivity contribution is 5.92. The van der Waals surface area contributed by atoms with Crippen molar-refractivity contribution < 1.29 is 14.1 Å². The lowest BCUT2D eigenvalue weighted by atomic mass is 9.85. The van der Waals surface area contributed by atoms with Crippen LogP contribution in [0.1, 0.15) is 23.4 Å². The van der Waals surface area contributed by atoms with E-state index in [-0.39, 0.29) is 17.7 Å². The van der Waals surface area contributed by atoms with Gasteiger partial charge in [-0.2, -0.15) is 0 Å². The maximum atomic E-state index is 12.4. The van der Waals surface area contributed by atoms with E-state index in [1.807, 2.05) is 36.5 Å². The molecule has 2 fully saturated rings. The summed E-state index contributed by atoms with van der Waals surface area (Å²) in [6, 6.07) is 11.8. The van der Waals surface area contributed by atoms with Crippen LogP contribution in [0.15, 0.2) is 52.8 Å². The minimum absolute atomic E-state index is 0.133. The zero-order chi connectivity index (χ0) is 18.2. The zero-order valence-corrected chi connectivity index (χ0v) is 14.7. The van der Waals surface area contributed by atoms with Crippen molar-refractivity contribution in [1.29, 1.82) is 0 Å². The van der Waals surface area contributed by atoms with Gasteiger partial charge in [0.2, 0.25) is 5.76 Å². The molecule has 1 aliphatic carbocycles. The van der Waals surface area contributed by atoms with Crippen LogP contribution in [0.3, 0.4) is 0 Å². The van der Waals surface area contributed by atoms with Crippen LogP contribution in [0.4, 0.5) is 0 Å². The van der Waals surface area contributed by atoms with E-state index in [9.17, 15) is 4.79 Å². The molecule has 8 nitrogen and oxygen atoms in total. The van der Waals surface area contributed by atoms with E-state index in [1.54, 1.807) is 6.07 Å². The van der Waals surface area contributed by atoms with Gasteiger partial charge in [-0.3, -0.25) is 9.80 Å². The quantitative estimate of drug-likeness (QED) is 0.736. The molecular formula is C19H21N5O3. The summed E-state index contributed by atoms with van der Waals surface area (Å²) >= 11 is 0. The number of nitrogens with one attached hydrogen (secondary N) is 3. The zero-order valence-electron chi connectivity index (χ0n) is 14.7. The minimum atomic E-state index is -0.219. The summed E-state index contributed by atoms with van der Waals surface area (Å²) in [6.07, 6.45) is 3.76. The number of aromatic nitrogens is 1. The fourth-order valence-electron chi connectivity index (χ4n) is 3.63. The molecule has 5 rings (SSSR count). The van der Waals surface area contributed by atoms with Gasteiger partial charge >= 0.3 is 0 Å². The molecule has 0 unspecified atom stereocenters. The van der Waals surface area contributed by atoms with Crippen molar-refractivity contribution in [3.05, 3.63) is 54.1 Å². The number of benzene rings is 1. The van der Waals surface area contributed by atoms with Crippen LogP contribution in [0.25, 0.3) is 11.3 Å². The lowest BCUT2D eigenvalue weighted by Gasteiger charge is -2.44. The Bertz CT molecular complexity index is 855. The molecule has 1 saturated carbocycles. The van der Waals surface area contributed by atoms with Crippen molar-refractivity contribution in [2.45, 2.75) is 24.9 Å². The largest absolute Gasteiger partial charge is 0.380 e. The SMILES string of the molecule is O=C(N[C@H]1C[C@H](N2NNC=C2C2COC2)C1)c1cc(-c2ccccc2)no1. The Hall–Kier alpha value is -2.84. The van der Waals surface area contributed by atoms with E-state index in [0.717, 1.165) is 31.6 Å². The van der Waals surface area contributed by atoms with Crippen LogP contribution in [0.2, 0.25) is 0 Å². The standard InChI is InChI=1S/C19H21N5O3/c25-19(18-8-16(22-27-18)12-4-2-1-3-5-12)21-14-6-15(7-14)24-17(9-20-23-24)13-10-26-11-13/h1-5,8-9,13-15,20,23H,6-7,10-11H2,(H,21,25)/t14-,15-. The van der Waals surface area contributed by atoms with Crippen molar-refractivity contribution in [1.82, 2.24) is 26.4 Å². The summed E-state index contributed by atoms with van der Waals surface area (Å²) < 4.78 is 10.5. The molecule has 3 N–H and O–H groups in total. The van der Waals surface area contributed by atoms with Crippen LogP contribution in [0, 0.1) is 5.92 Å². The molecule has 140 valence electrons. The summed E-state index contributed by atoms with van der Waals surface area (Å²) in [6.45, 7) is 1.54. The third kappa shape index (κ3) is 3.07. The van der Waals surface area contributed by atoms with Gasteiger partial charge in [0.05, 0.1) is 25.0 Å². The number of rotatable bonds is 5. The lowest BCUT2D eigenvalue weighted by Crippen LogP contribution is -2.58. The van der Waals surface area contributed by atoms with Gasteiger partial charge < -0.3 is 20.0 Å². The smallest absolute Gasteiger partial charge is 0.290 e. The van der Waals surface area contributed by atoms with Crippen LogP contribution in [-0.2, 0) is 4.74 Å². The molecule has 1 aromatic carbocycles. The third-order valence-corrected chi connectivity index (χ3v) is 5.36. The lowest BCUT2D eigenvalue weighted by molar-refractivity contribution is -0.0378. The summed E-state index contributed by atoms with van der Waals surface area (Å²) in [4.78, 5) is 12.4. The van der Waals surface area contributed by atoms with Gasteiger partial charge in [-0.25, -0.2) is 0 Å². The number of carbonyl (C=O) groups is 1. The first-order chi connectivity index (χ1) is 13.3. The first-order valence-corrected chi connectivity index (χ1v) is 9.19. The van der Waals surface area contributed by atoms with Gasteiger partial charge in [-0.05, 0) is 12.8 Å². The van der Waals surface area contributed by atoms with Crippen LogP contribution >= 0.6 is 0 Å². The predicted octanol–water partition coefficient (Wildman–Crippen LogP) is 1.41. The van der Waals surface area contributed by atoms with Gasteiger partial charge in [0.1, 0.15) is 5.69 Å². The summed E-state index contributed by atoms with van der Waals surface area (Å²) in [5, 5.41) is 9.20. The van der Waals surface area contributed by atoms with Crippen LogP contribution in [-0.4, -0.2) is 41.4 Å². The Kier molecular flexibility index (Phi) is 4.06. The normalized spacial score (nSPS) is 24.6. The first kappa shape index (κ1) is 16.3. The second kappa shape index (κ2) is 6.71. The minimum Gasteiger partial charge on any atom is -0.380 e. The predicted molar refractivity (Wildman–Crippen MR) is 96.7 cm³/mol. The molecule has 8 heteroatoms. The van der Waals surface area contributed by atoms with Gasteiger partial charge in [0, 0.05) is 29.8 Å². The highest BCUT2D eigenvalue weighted by atomic mass is 16.5. The molecule has 0 atom stereocenters. The van der Waals surface area contributed by atoms with Gasteiger partial charge in [-0.15, -0.1) is 5.53 Å². The number of hydrazine groups is 2. The molecule has 0 radical (unpaired) electrons. The molecule has 3 aliphatic rings. The fraction of sp³-hybridized carbons (Fsp3) is 0.368. The Balaban J connectivity index is 1.15. The van der Waals surface area contributed by atoms with E-state index < -0.39 is 0 Å². The summed E-state index contributed by atoms with van der Waals surface area (Å²) in [5.41, 5.74) is 9.07. The number of ether oxygens (including phenoxy) is 1. The van der Waals surface area contributed by atoms with Gasteiger partial charge in [0.25, 0.3) is 5.91 Å². The van der Waals surface area contributed by atoms with E-state index in [0.29, 0.717) is 17.7 Å². The maximum absolute atomic E-state index is 12.4. The fourth-order valence-corrected chi connectivity index (χ4v) is 3.63. The molecular weight excluding hydrogens is 346 g/mol. The number of hydrogen-bond acceptors (Lipinski definition) is 7. The highest BCUT2D eigenvalue weighted by Gasteiger charge is 2.40. The monoisotopic (exact) mass is 367 g/mol. The highest BCUT2D eigenvalue weighted by Crippen LogP contribution is 2.33. The molecule has 27 heavy (non-hydrogen) atoms. The molecule has 1 saturated heterocycles. The Morgan fingerprint density at radius 1 is 1.22 bits per heavy atom. The van der Waals surface area contributed by atoms with Crippen molar-refractivity contribution in [3.63, 3.8) is 0 Å². The van der Waals surface area contributed by atoms with Crippen LogP contribution < -0.4 is 16.3 Å². The number of carbonyl (C=O) groups excluding carboxylic acids is 1. The van der Waals surface area contributed by atoms with Crippen molar-refractivity contribution >= 4 is 5.91 Å². The summed E-state index contributed by atoms with van der Waals surface area (Å²) in [7, 11) is 0. The Morgan fingerprint density at radius 3 is 2.78 bits per heavy atom. The maximum Gasteiger partial charge on any atom is 0.290 e. The third-order valence-electron chi connectivity index (χ3n) is 5.36. The van der Waals surface area contributed by atoms with E-state index in [1.165, 1.54) is 5.70 Å². The Morgan fingerprint density at radius 2 is 2.04 bits per heavy atom. The number of hydrogen-bond donors (Lipinski definition) is 3. The topological polar surface area (TPSA) is 91.7 Å². The number of nitrogens with zero attached hydrogens (tertiary/aromatic N) is 2. The van der Waals surface area contributed by atoms with Crippen molar-refractivity contribution in [2.24, 2.45) is 5.92 Å². The van der Waals surface area contributed by atoms with E-state index in [2.05, 4.69) is 26.4 Å². The molecule has 0 bridgehead atoms. The Labute approximate surface area is 156 Å². The second-order valence-electron chi connectivity index (χ2n) is 7.17. The van der Waals surface area contributed by atoms with Crippen molar-refractivity contribution in [3.8, 4) is 11.3 Å². The van der Waals surface area contributed by atoms with E-state index in [4.69, 9.17) is 9.26 Å². The van der Waals surface area contributed by atoms with Gasteiger partial charge in [0.15, 0.2) is 0 Å². The molecule has 1 amide bonds. The molecule has 2 aliphatic heterocycles. The summed E-state index contributed by atoms with van der Waals surface area (Å²) in [5.74, 6) is 0.473. The average molecular weight is 367 g/mol. The number of amides is 1. The molecule has 1 aromatic heterocycles. The first-order valence-electron chi connectivity index (χ1n) is 9.19. The van der Waals surface area contributed by atoms with Crippen molar-refractivity contribution in [2.75, 3.05) is 13.2 Å². The molecule has 0 spiro atoms. The average Bonchev–Trinajstić information content (AvgIpc) is 3.27. The van der Waals surface area contributed by atoms with E-state index >= 15 is 0 Å². The molecule has 3 heterocycles. The molecule has 2 aromatic rings. The van der Waals surface area contributed by atoms with Gasteiger partial charge in [-0.1, -0.05) is 35.5 Å².